The number of sulfonamides is 1. The van der Waals surface area contributed by atoms with Crippen LogP contribution < -0.4 is 5.73 Å². The van der Waals surface area contributed by atoms with Gasteiger partial charge in [0, 0.05) is 24.7 Å². The Morgan fingerprint density at radius 2 is 2.05 bits per heavy atom. The van der Waals surface area contributed by atoms with Gasteiger partial charge in [-0.1, -0.05) is 13.3 Å². The van der Waals surface area contributed by atoms with Gasteiger partial charge in [0.2, 0.25) is 10.0 Å². The summed E-state index contributed by atoms with van der Waals surface area (Å²) in [6, 6.07) is 2.89. The Morgan fingerprint density at radius 1 is 1.38 bits per heavy atom. The van der Waals surface area contributed by atoms with Crippen LogP contribution in [-0.4, -0.2) is 25.3 Å². The first-order valence-electron chi connectivity index (χ1n) is 7.42. The number of unbranched alkanes of at least 4 members (excludes halogenated alkanes) is 1. The second-order valence-corrected chi connectivity index (χ2v) is 7.46. The molecule has 0 amide bonds. The van der Waals surface area contributed by atoms with E-state index in [1.807, 2.05) is 6.92 Å². The summed E-state index contributed by atoms with van der Waals surface area (Å²) >= 11 is 0. The van der Waals surface area contributed by atoms with Gasteiger partial charge in [0.05, 0.1) is 4.90 Å². The fourth-order valence-corrected chi connectivity index (χ4v) is 4.40. The predicted octanol–water partition coefficient (Wildman–Crippen LogP) is 2.55. The van der Waals surface area contributed by atoms with Crippen molar-refractivity contribution in [2.45, 2.75) is 57.0 Å². The maximum atomic E-state index is 14.0. The Kier molecular flexibility index (Phi) is 5.01. The first-order chi connectivity index (χ1) is 9.91. The van der Waals surface area contributed by atoms with Crippen LogP contribution in [0.15, 0.2) is 17.0 Å². The highest BCUT2D eigenvalue weighted by atomic mass is 32.2. The van der Waals surface area contributed by atoms with Crippen LogP contribution in [0, 0.1) is 12.7 Å². The largest absolute Gasteiger partial charge is 0.326 e. The number of benzene rings is 1. The second kappa shape index (κ2) is 6.42. The Morgan fingerprint density at radius 3 is 2.57 bits per heavy atom. The maximum absolute atomic E-state index is 14.0. The van der Waals surface area contributed by atoms with Gasteiger partial charge in [0.15, 0.2) is 0 Å². The lowest BCUT2D eigenvalue weighted by atomic mass is 10.1. The Bertz CT molecular complexity index is 612. The van der Waals surface area contributed by atoms with Crippen molar-refractivity contribution in [3.05, 3.63) is 29.1 Å². The highest BCUT2D eigenvalue weighted by Crippen LogP contribution is 2.34. The molecular formula is C15H23FN2O2S. The molecule has 0 radical (unpaired) electrons. The SMILES string of the molecule is CCCCN(C1CC1)S(=O)(=O)c1cc(CN)cc(F)c1C. The van der Waals surface area contributed by atoms with Crippen LogP contribution in [0.3, 0.4) is 0 Å². The molecule has 1 saturated carbocycles. The molecule has 1 aliphatic carbocycles. The fourth-order valence-electron chi connectivity index (χ4n) is 2.39. The highest BCUT2D eigenvalue weighted by Gasteiger charge is 2.38. The van der Waals surface area contributed by atoms with Crippen molar-refractivity contribution in [1.29, 1.82) is 0 Å². The molecule has 1 aromatic carbocycles. The van der Waals surface area contributed by atoms with Crippen molar-refractivity contribution in [3.63, 3.8) is 0 Å². The molecule has 118 valence electrons. The van der Waals surface area contributed by atoms with E-state index < -0.39 is 15.8 Å². The van der Waals surface area contributed by atoms with Gasteiger partial charge < -0.3 is 5.73 Å². The van der Waals surface area contributed by atoms with Crippen molar-refractivity contribution in [2.24, 2.45) is 5.73 Å². The lowest BCUT2D eigenvalue weighted by molar-refractivity contribution is 0.395. The molecule has 1 fully saturated rings. The summed E-state index contributed by atoms with van der Waals surface area (Å²) in [5, 5.41) is 0. The van der Waals surface area contributed by atoms with Gasteiger partial charge in [-0.15, -0.1) is 0 Å². The molecule has 0 aromatic heterocycles. The predicted molar refractivity (Wildman–Crippen MR) is 80.9 cm³/mol. The van der Waals surface area contributed by atoms with E-state index in [0.29, 0.717) is 12.1 Å². The zero-order valence-corrected chi connectivity index (χ0v) is 13.4. The smallest absolute Gasteiger partial charge is 0.243 e. The van der Waals surface area contributed by atoms with Gasteiger partial charge in [0.25, 0.3) is 0 Å². The lowest BCUT2D eigenvalue weighted by Gasteiger charge is -2.23. The van der Waals surface area contributed by atoms with Gasteiger partial charge in [-0.3, -0.25) is 0 Å². The van der Waals surface area contributed by atoms with Crippen LogP contribution in [0.2, 0.25) is 0 Å². The molecule has 1 aliphatic rings. The first-order valence-corrected chi connectivity index (χ1v) is 8.86. The molecule has 6 heteroatoms. The summed E-state index contributed by atoms with van der Waals surface area (Å²) in [4.78, 5) is 0.0611. The third-order valence-electron chi connectivity index (χ3n) is 3.86. The molecule has 0 atom stereocenters. The zero-order chi connectivity index (χ0) is 15.6. The summed E-state index contributed by atoms with van der Waals surface area (Å²) in [6.07, 6.45) is 3.52. The molecule has 0 spiro atoms. The Balaban J connectivity index is 2.44. The van der Waals surface area contributed by atoms with Crippen molar-refractivity contribution in [2.75, 3.05) is 6.54 Å². The Labute approximate surface area is 126 Å². The zero-order valence-electron chi connectivity index (χ0n) is 12.6. The monoisotopic (exact) mass is 314 g/mol. The van der Waals surface area contributed by atoms with Crippen molar-refractivity contribution in [3.8, 4) is 0 Å². The summed E-state index contributed by atoms with van der Waals surface area (Å²) in [5.74, 6) is -0.511. The number of halogens is 1. The molecular weight excluding hydrogens is 291 g/mol. The second-order valence-electron chi connectivity index (χ2n) is 5.61. The van der Waals surface area contributed by atoms with Gasteiger partial charge in [-0.05, 0) is 43.9 Å². The quantitative estimate of drug-likeness (QED) is 0.841. The number of hydrogen-bond acceptors (Lipinski definition) is 3. The van der Waals surface area contributed by atoms with E-state index in [1.165, 1.54) is 19.1 Å². The number of rotatable bonds is 7. The van der Waals surface area contributed by atoms with Crippen molar-refractivity contribution in [1.82, 2.24) is 4.31 Å². The van der Waals surface area contributed by atoms with E-state index in [1.54, 1.807) is 4.31 Å². The van der Waals surface area contributed by atoms with Crippen LogP contribution >= 0.6 is 0 Å². The summed E-state index contributed by atoms with van der Waals surface area (Å²) < 4.78 is 41.2. The molecule has 4 nitrogen and oxygen atoms in total. The standard InChI is InChI=1S/C15H23FN2O2S/c1-3-4-7-18(13-5-6-13)21(19,20)15-9-12(10-17)8-14(16)11(15)2/h8-9,13H,3-7,10,17H2,1-2H3. The molecule has 0 aliphatic heterocycles. The highest BCUT2D eigenvalue weighted by molar-refractivity contribution is 7.89. The Hall–Kier alpha value is -0.980. The molecule has 0 bridgehead atoms. The van der Waals surface area contributed by atoms with Gasteiger partial charge in [-0.2, -0.15) is 4.31 Å². The first kappa shape index (κ1) is 16.4. The van der Waals surface area contributed by atoms with Gasteiger partial charge >= 0.3 is 0 Å². The molecule has 0 unspecified atom stereocenters. The average molecular weight is 314 g/mol. The number of nitrogens with two attached hydrogens (primary N) is 1. The van der Waals surface area contributed by atoms with Crippen LogP contribution in [0.25, 0.3) is 0 Å². The van der Waals surface area contributed by atoms with E-state index in [9.17, 15) is 12.8 Å². The summed E-state index contributed by atoms with van der Waals surface area (Å²) in [5.41, 5.74) is 6.21. The van der Waals surface area contributed by atoms with Crippen LogP contribution in [0.1, 0.15) is 43.7 Å². The van der Waals surface area contributed by atoms with Crippen LogP contribution in [0.4, 0.5) is 4.39 Å². The van der Waals surface area contributed by atoms with Gasteiger partial charge in [0.1, 0.15) is 5.82 Å². The van der Waals surface area contributed by atoms with Gasteiger partial charge in [-0.25, -0.2) is 12.8 Å². The van der Waals surface area contributed by atoms with Crippen molar-refractivity contribution < 1.29 is 12.8 Å². The third-order valence-corrected chi connectivity index (χ3v) is 5.94. The van der Waals surface area contributed by atoms with Crippen LogP contribution in [-0.2, 0) is 16.6 Å². The molecule has 0 heterocycles. The topological polar surface area (TPSA) is 63.4 Å². The van der Waals surface area contributed by atoms with E-state index in [4.69, 9.17) is 5.73 Å². The van der Waals surface area contributed by atoms with E-state index in [-0.39, 0.29) is 23.0 Å². The van der Waals surface area contributed by atoms with E-state index in [0.717, 1.165) is 25.7 Å². The van der Waals surface area contributed by atoms with Crippen molar-refractivity contribution >= 4 is 10.0 Å². The molecule has 0 saturated heterocycles. The number of hydrogen-bond donors (Lipinski definition) is 1. The normalized spacial score (nSPS) is 15.7. The molecule has 2 N–H and O–H groups in total. The minimum atomic E-state index is -3.66. The average Bonchev–Trinajstić information content (AvgIpc) is 3.26. The third kappa shape index (κ3) is 3.44. The van der Waals surface area contributed by atoms with E-state index >= 15 is 0 Å². The molecule has 2 rings (SSSR count). The summed E-state index contributed by atoms with van der Waals surface area (Å²) in [7, 11) is -3.66. The fraction of sp³-hybridized carbons (Fsp3) is 0.600. The minimum Gasteiger partial charge on any atom is -0.326 e. The minimum absolute atomic E-state index is 0.0611. The van der Waals surface area contributed by atoms with Crippen LogP contribution in [0.5, 0.6) is 0 Å². The number of nitrogens with zero attached hydrogens (tertiary/aromatic N) is 1. The maximum Gasteiger partial charge on any atom is 0.243 e. The van der Waals surface area contributed by atoms with E-state index in [2.05, 4.69) is 0 Å². The summed E-state index contributed by atoms with van der Waals surface area (Å²) in [6.45, 7) is 4.15. The molecule has 21 heavy (non-hydrogen) atoms. The molecule has 1 aromatic rings. The lowest BCUT2D eigenvalue weighted by Crippen LogP contribution is -2.34.